The van der Waals surface area contributed by atoms with Crippen molar-refractivity contribution in [3.05, 3.63) is 29.7 Å². The third-order valence-electron chi connectivity index (χ3n) is 2.87. The lowest BCUT2D eigenvalue weighted by Gasteiger charge is -2.23. The smallest absolute Gasteiger partial charge is 0.267 e. The van der Waals surface area contributed by atoms with Crippen molar-refractivity contribution in [2.24, 2.45) is 0 Å². The van der Waals surface area contributed by atoms with E-state index in [0.29, 0.717) is 40.2 Å². The van der Waals surface area contributed by atoms with Crippen LogP contribution >= 0.6 is 0 Å². The van der Waals surface area contributed by atoms with Crippen LogP contribution in [0.5, 0.6) is 0 Å². The van der Waals surface area contributed by atoms with Crippen molar-refractivity contribution in [3.8, 4) is 0 Å². The highest BCUT2D eigenvalue weighted by Gasteiger charge is 2.17. The number of nitrogens with zero attached hydrogens (tertiary/aromatic N) is 3. The molecular weight excluding hydrogens is 248 g/mol. The minimum Gasteiger partial charge on any atom is -0.618 e. The first-order valence-electron chi connectivity index (χ1n) is 5.92. The molecule has 0 fully saturated rings. The van der Waals surface area contributed by atoms with Gasteiger partial charge in [-0.3, -0.25) is 0 Å². The van der Waals surface area contributed by atoms with Crippen molar-refractivity contribution in [1.29, 1.82) is 0 Å². The molecule has 7 nitrogen and oxygen atoms in total. The Bertz CT molecular complexity index is 562. The first-order chi connectivity index (χ1) is 9.19. The van der Waals surface area contributed by atoms with Crippen LogP contribution in [0.25, 0.3) is 11.0 Å². The lowest BCUT2D eigenvalue weighted by atomic mass is 10.2. The zero-order chi connectivity index (χ0) is 13.8. The number of aromatic nitrogens is 2. The molecule has 0 unspecified atom stereocenters. The van der Waals surface area contributed by atoms with Gasteiger partial charge >= 0.3 is 0 Å². The van der Waals surface area contributed by atoms with Gasteiger partial charge in [-0.25, -0.2) is 4.98 Å². The standard InChI is InChI=1S/C12H16N4O3/c13-9-1-2-10(15(5-7-17)6-8-18)11-12(9)16(19)4-3-14-11/h1-4,17-18H,5-8,13H2. The molecule has 19 heavy (non-hydrogen) atoms. The maximum atomic E-state index is 11.8. The van der Waals surface area contributed by atoms with Gasteiger partial charge in [0.25, 0.3) is 5.52 Å². The van der Waals surface area contributed by atoms with Crippen LogP contribution in [0, 0.1) is 5.21 Å². The summed E-state index contributed by atoms with van der Waals surface area (Å²) in [5.74, 6) is 0. The van der Waals surface area contributed by atoms with Crippen molar-refractivity contribution in [3.63, 3.8) is 0 Å². The summed E-state index contributed by atoms with van der Waals surface area (Å²) < 4.78 is 0.664. The highest BCUT2D eigenvalue weighted by Crippen LogP contribution is 2.26. The second-order valence-corrected chi connectivity index (χ2v) is 4.06. The maximum Gasteiger partial charge on any atom is 0.267 e. The van der Waals surface area contributed by atoms with Crippen molar-refractivity contribution in [2.45, 2.75) is 0 Å². The first-order valence-corrected chi connectivity index (χ1v) is 5.92. The van der Waals surface area contributed by atoms with Crippen molar-refractivity contribution in [1.82, 2.24) is 4.98 Å². The fraction of sp³-hybridized carbons (Fsp3) is 0.333. The third-order valence-corrected chi connectivity index (χ3v) is 2.87. The average Bonchev–Trinajstić information content (AvgIpc) is 2.39. The van der Waals surface area contributed by atoms with Gasteiger partial charge in [-0.2, -0.15) is 4.73 Å². The van der Waals surface area contributed by atoms with Crippen LogP contribution in [0.1, 0.15) is 0 Å². The SMILES string of the molecule is Nc1ccc(N(CCO)CCO)c2ncc[n+]([O-])c12. The molecule has 0 spiro atoms. The van der Waals surface area contributed by atoms with E-state index >= 15 is 0 Å². The summed E-state index contributed by atoms with van der Waals surface area (Å²) in [6, 6.07) is 3.35. The molecule has 2 rings (SSSR count). The van der Waals surface area contributed by atoms with E-state index in [-0.39, 0.29) is 13.2 Å². The Balaban J connectivity index is 2.60. The van der Waals surface area contributed by atoms with Gasteiger partial charge in [0.2, 0.25) is 0 Å². The van der Waals surface area contributed by atoms with Gasteiger partial charge < -0.3 is 26.1 Å². The number of benzene rings is 1. The molecule has 0 aliphatic heterocycles. The minimum atomic E-state index is -0.0594. The molecule has 4 N–H and O–H groups in total. The number of rotatable bonds is 5. The van der Waals surface area contributed by atoms with Gasteiger partial charge in [0.05, 0.1) is 25.1 Å². The number of aliphatic hydroxyl groups is 2. The number of fused-ring (bicyclic) bond motifs is 1. The molecule has 0 amide bonds. The molecule has 0 radical (unpaired) electrons. The summed E-state index contributed by atoms with van der Waals surface area (Å²) in [7, 11) is 0. The Hall–Kier alpha value is -2.12. The van der Waals surface area contributed by atoms with Gasteiger partial charge in [-0.05, 0) is 12.1 Å². The molecule has 1 aromatic heterocycles. The fourth-order valence-electron chi connectivity index (χ4n) is 2.04. The van der Waals surface area contributed by atoms with Gasteiger partial charge in [-0.15, -0.1) is 0 Å². The first kappa shape index (κ1) is 13.3. The highest BCUT2D eigenvalue weighted by atomic mass is 16.5. The van der Waals surface area contributed by atoms with Gasteiger partial charge in [0.15, 0.2) is 11.7 Å². The van der Waals surface area contributed by atoms with Crippen LogP contribution < -0.4 is 15.4 Å². The number of hydrogen-bond acceptors (Lipinski definition) is 6. The number of aliphatic hydroxyl groups excluding tert-OH is 2. The van der Waals surface area contributed by atoms with Crippen LogP contribution in [-0.4, -0.2) is 41.5 Å². The minimum absolute atomic E-state index is 0.0594. The normalized spacial score (nSPS) is 10.8. The van der Waals surface area contributed by atoms with E-state index in [0.717, 1.165) is 0 Å². The summed E-state index contributed by atoms with van der Waals surface area (Å²) in [4.78, 5) is 5.94. The number of hydrogen-bond donors (Lipinski definition) is 3. The lowest BCUT2D eigenvalue weighted by molar-refractivity contribution is -0.576. The van der Waals surface area contributed by atoms with E-state index in [4.69, 9.17) is 15.9 Å². The Labute approximate surface area is 110 Å². The van der Waals surface area contributed by atoms with Crippen LogP contribution in [0.2, 0.25) is 0 Å². The molecule has 7 heteroatoms. The zero-order valence-corrected chi connectivity index (χ0v) is 10.4. The van der Waals surface area contributed by atoms with Crippen molar-refractivity contribution in [2.75, 3.05) is 36.9 Å². The lowest BCUT2D eigenvalue weighted by Crippen LogP contribution is -2.32. The number of nitrogens with two attached hydrogens (primary N) is 1. The number of anilines is 2. The van der Waals surface area contributed by atoms with E-state index in [1.807, 2.05) is 0 Å². The zero-order valence-electron chi connectivity index (χ0n) is 10.4. The third kappa shape index (κ3) is 2.51. The molecule has 0 aliphatic rings. The molecule has 102 valence electrons. The van der Waals surface area contributed by atoms with Crippen LogP contribution in [0.4, 0.5) is 11.4 Å². The molecule has 0 bridgehead atoms. The Kier molecular flexibility index (Phi) is 3.98. The predicted octanol–water partition coefficient (Wildman–Crippen LogP) is -0.759. The Morgan fingerprint density at radius 3 is 2.58 bits per heavy atom. The molecule has 0 aliphatic carbocycles. The summed E-state index contributed by atoms with van der Waals surface area (Å²) >= 11 is 0. The average molecular weight is 264 g/mol. The highest BCUT2D eigenvalue weighted by molar-refractivity contribution is 5.93. The number of nitrogen functional groups attached to an aromatic ring is 1. The largest absolute Gasteiger partial charge is 0.618 e. The van der Waals surface area contributed by atoms with Crippen molar-refractivity contribution < 1.29 is 14.9 Å². The van der Waals surface area contributed by atoms with Crippen LogP contribution in [0.3, 0.4) is 0 Å². The summed E-state index contributed by atoms with van der Waals surface area (Å²) in [6.07, 6.45) is 2.68. The molecule has 2 aromatic rings. The maximum absolute atomic E-state index is 11.8. The fourth-order valence-corrected chi connectivity index (χ4v) is 2.04. The second-order valence-electron chi connectivity index (χ2n) is 4.06. The second kappa shape index (κ2) is 5.68. The summed E-state index contributed by atoms with van der Waals surface area (Å²) in [5, 5.41) is 29.9. The molecular formula is C12H16N4O3. The monoisotopic (exact) mass is 264 g/mol. The van der Waals surface area contributed by atoms with Crippen molar-refractivity contribution >= 4 is 22.4 Å². The van der Waals surface area contributed by atoms with Gasteiger partial charge in [-0.1, -0.05) is 0 Å². The predicted molar refractivity (Wildman–Crippen MR) is 71.5 cm³/mol. The van der Waals surface area contributed by atoms with E-state index in [1.165, 1.54) is 12.4 Å². The molecule has 1 aromatic carbocycles. The molecule has 0 atom stereocenters. The molecule has 0 saturated heterocycles. The van der Waals surface area contributed by atoms with Crippen LogP contribution in [0.15, 0.2) is 24.5 Å². The van der Waals surface area contributed by atoms with Gasteiger partial charge in [0.1, 0.15) is 5.69 Å². The quantitative estimate of drug-likeness (QED) is 0.372. The van der Waals surface area contributed by atoms with E-state index < -0.39 is 0 Å². The van der Waals surface area contributed by atoms with E-state index in [1.54, 1.807) is 17.0 Å². The Morgan fingerprint density at radius 2 is 1.95 bits per heavy atom. The van der Waals surface area contributed by atoms with E-state index in [9.17, 15) is 5.21 Å². The van der Waals surface area contributed by atoms with Gasteiger partial charge in [0, 0.05) is 13.1 Å². The summed E-state index contributed by atoms with van der Waals surface area (Å²) in [5.41, 5.74) is 7.55. The summed E-state index contributed by atoms with van der Waals surface area (Å²) in [6.45, 7) is 0.566. The van der Waals surface area contributed by atoms with Crippen LogP contribution in [-0.2, 0) is 0 Å². The topological polar surface area (TPSA) is 110 Å². The molecule has 1 heterocycles. The Morgan fingerprint density at radius 1 is 1.26 bits per heavy atom. The molecule has 0 saturated carbocycles. The van der Waals surface area contributed by atoms with E-state index in [2.05, 4.69) is 4.98 Å².